The van der Waals surface area contributed by atoms with Gasteiger partial charge in [0.05, 0.1) is 6.04 Å². The molecular weight excluding hydrogens is 331 g/mol. The number of benzene rings is 2. The third-order valence-corrected chi connectivity index (χ3v) is 5.11. The maximum absolute atomic E-state index is 13.5. The number of carbonyl (C=O) groups excluding carboxylic acids is 1. The van der Waals surface area contributed by atoms with E-state index in [2.05, 4.69) is 5.32 Å². The number of likely N-dealkylation sites (tertiary alicyclic amines) is 1. The second kappa shape index (κ2) is 6.83. The van der Waals surface area contributed by atoms with Crippen LogP contribution in [0.15, 0.2) is 60.3 Å². The van der Waals surface area contributed by atoms with Gasteiger partial charge in [-0.25, -0.2) is 9.18 Å². The molecule has 1 saturated heterocycles. The maximum atomic E-state index is 13.5. The minimum atomic E-state index is -0.335. The number of nitrogens with zero attached hydrogens (tertiary/aromatic N) is 1. The topological polar surface area (TPSA) is 41.6 Å². The van der Waals surface area contributed by atoms with Crippen molar-refractivity contribution in [2.24, 2.45) is 5.92 Å². The summed E-state index contributed by atoms with van der Waals surface area (Å²) in [5, 5.41) is 3.26. The molecule has 4 nitrogen and oxygen atoms in total. The SMILES string of the molecule is Cc1cc(F)ccc1C1C2=CNCC2CN1C(=O)OCc1ccccc1. The van der Waals surface area contributed by atoms with Gasteiger partial charge in [0, 0.05) is 19.0 Å². The molecule has 2 aromatic rings. The molecule has 0 aliphatic carbocycles. The molecule has 1 N–H and O–H groups in total. The van der Waals surface area contributed by atoms with E-state index in [0.717, 1.165) is 28.8 Å². The Hall–Kier alpha value is -2.82. The molecule has 0 bridgehead atoms. The van der Waals surface area contributed by atoms with Gasteiger partial charge in [0.25, 0.3) is 0 Å². The molecule has 0 saturated carbocycles. The summed E-state index contributed by atoms with van der Waals surface area (Å²) in [6, 6.07) is 14.2. The molecule has 26 heavy (non-hydrogen) atoms. The highest BCUT2D eigenvalue weighted by atomic mass is 19.1. The van der Waals surface area contributed by atoms with Crippen molar-refractivity contribution in [1.82, 2.24) is 10.2 Å². The van der Waals surface area contributed by atoms with Crippen molar-refractivity contribution in [1.29, 1.82) is 0 Å². The van der Waals surface area contributed by atoms with E-state index in [-0.39, 0.29) is 30.5 Å². The molecule has 0 radical (unpaired) electrons. The van der Waals surface area contributed by atoms with E-state index in [4.69, 9.17) is 4.74 Å². The van der Waals surface area contributed by atoms with Crippen molar-refractivity contribution in [3.8, 4) is 0 Å². The first-order valence-corrected chi connectivity index (χ1v) is 8.80. The standard InChI is InChI=1S/C21H21FN2O2/c1-14-9-17(22)7-8-18(14)20-19-11-23-10-16(19)12-24(20)21(25)26-13-15-5-3-2-4-6-15/h2-9,11,16,20,23H,10,12-13H2,1H3. The van der Waals surface area contributed by atoms with E-state index in [1.165, 1.54) is 12.1 Å². The van der Waals surface area contributed by atoms with Crippen LogP contribution < -0.4 is 5.32 Å². The first-order valence-electron chi connectivity index (χ1n) is 8.80. The summed E-state index contributed by atoms with van der Waals surface area (Å²) in [4.78, 5) is 14.6. The number of carbonyl (C=O) groups is 1. The largest absolute Gasteiger partial charge is 0.445 e. The molecule has 1 amide bonds. The van der Waals surface area contributed by atoms with Gasteiger partial charge in [-0.1, -0.05) is 36.4 Å². The number of nitrogens with one attached hydrogen (secondary N) is 1. The fourth-order valence-electron chi connectivity index (χ4n) is 3.83. The van der Waals surface area contributed by atoms with Crippen molar-refractivity contribution >= 4 is 6.09 Å². The Balaban J connectivity index is 1.58. The Morgan fingerprint density at radius 1 is 1.27 bits per heavy atom. The summed E-state index contributed by atoms with van der Waals surface area (Å²) in [7, 11) is 0. The Morgan fingerprint density at radius 2 is 2.08 bits per heavy atom. The van der Waals surface area contributed by atoms with Gasteiger partial charge in [-0.2, -0.15) is 0 Å². The number of fused-ring (bicyclic) bond motifs is 1. The Kier molecular flexibility index (Phi) is 4.37. The van der Waals surface area contributed by atoms with E-state index in [0.29, 0.717) is 6.54 Å². The van der Waals surface area contributed by atoms with Crippen LogP contribution in [0.2, 0.25) is 0 Å². The number of amides is 1. The smallest absolute Gasteiger partial charge is 0.410 e. The van der Waals surface area contributed by atoms with Gasteiger partial charge in [0.15, 0.2) is 0 Å². The van der Waals surface area contributed by atoms with Crippen LogP contribution in [0.3, 0.4) is 0 Å². The number of hydrogen-bond acceptors (Lipinski definition) is 3. The molecule has 2 aromatic carbocycles. The first-order chi connectivity index (χ1) is 12.6. The number of ether oxygens (including phenoxy) is 1. The highest BCUT2D eigenvalue weighted by Gasteiger charge is 2.43. The molecule has 5 heteroatoms. The zero-order chi connectivity index (χ0) is 18.1. The van der Waals surface area contributed by atoms with Gasteiger partial charge >= 0.3 is 6.09 Å². The Morgan fingerprint density at radius 3 is 2.85 bits per heavy atom. The van der Waals surface area contributed by atoms with E-state index in [1.54, 1.807) is 11.0 Å². The average Bonchev–Trinajstić information content (AvgIpc) is 3.22. The van der Waals surface area contributed by atoms with Crippen LogP contribution in [0.5, 0.6) is 0 Å². The van der Waals surface area contributed by atoms with Crippen LogP contribution in [-0.4, -0.2) is 24.1 Å². The van der Waals surface area contributed by atoms with Crippen molar-refractivity contribution in [2.75, 3.05) is 13.1 Å². The van der Waals surface area contributed by atoms with Crippen LogP contribution >= 0.6 is 0 Å². The first kappa shape index (κ1) is 16.6. The summed E-state index contributed by atoms with van der Waals surface area (Å²) in [5.74, 6) is 0.00579. The fourth-order valence-corrected chi connectivity index (χ4v) is 3.83. The minimum absolute atomic E-state index is 0.209. The molecule has 2 aliphatic heterocycles. The quantitative estimate of drug-likeness (QED) is 0.910. The van der Waals surface area contributed by atoms with Crippen molar-refractivity contribution in [3.63, 3.8) is 0 Å². The zero-order valence-corrected chi connectivity index (χ0v) is 14.6. The van der Waals surface area contributed by atoms with Gasteiger partial charge < -0.3 is 10.1 Å². The highest BCUT2D eigenvalue weighted by Crippen LogP contribution is 2.43. The molecule has 2 unspecified atom stereocenters. The molecule has 1 fully saturated rings. The number of hydrogen-bond donors (Lipinski definition) is 1. The van der Waals surface area contributed by atoms with E-state index >= 15 is 0 Å². The van der Waals surface area contributed by atoms with Gasteiger partial charge in [0.2, 0.25) is 0 Å². The number of rotatable bonds is 3. The summed E-state index contributed by atoms with van der Waals surface area (Å²) in [6.45, 7) is 3.54. The molecule has 134 valence electrons. The normalized spacial score (nSPS) is 21.2. The lowest BCUT2D eigenvalue weighted by Gasteiger charge is -2.26. The van der Waals surface area contributed by atoms with Crippen molar-refractivity contribution in [2.45, 2.75) is 19.6 Å². The molecule has 4 rings (SSSR count). The highest BCUT2D eigenvalue weighted by molar-refractivity contribution is 5.70. The molecule has 2 aliphatic rings. The lowest BCUT2D eigenvalue weighted by Crippen LogP contribution is -2.33. The van der Waals surface area contributed by atoms with E-state index in [9.17, 15) is 9.18 Å². The second-order valence-electron chi connectivity index (χ2n) is 6.85. The number of aryl methyl sites for hydroxylation is 1. The Labute approximate surface area is 152 Å². The van der Waals surface area contributed by atoms with Crippen LogP contribution in [0.4, 0.5) is 9.18 Å². The molecule has 0 aromatic heterocycles. The Bertz CT molecular complexity index is 850. The lowest BCUT2D eigenvalue weighted by molar-refractivity contribution is 0.0925. The fraction of sp³-hybridized carbons (Fsp3) is 0.286. The van der Waals surface area contributed by atoms with Crippen LogP contribution in [0.1, 0.15) is 22.7 Å². The van der Waals surface area contributed by atoms with Crippen LogP contribution in [0, 0.1) is 18.7 Å². The van der Waals surface area contributed by atoms with E-state index in [1.807, 2.05) is 43.5 Å². The molecule has 0 spiro atoms. The van der Waals surface area contributed by atoms with Crippen molar-refractivity contribution < 1.29 is 13.9 Å². The van der Waals surface area contributed by atoms with Crippen LogP contribution in [-0.2, 0) is 11.3 Å². The van der Waals surface area contributed by atoms with Crippen molar-refractivity contribution in [3.05, 3.63) is 82.8 Å². The predicted molar refractivity (Wildman–Crippen MR) is 96.8 cm³/mol. The summed E-state index contributed by atoms with van der Waals surface area (Å²) >= 11 is 0. The molecule has 2 heterocycles. The molecular formula is C21H21FN2O2. The summed E-state index contributed by atoms with van der Waals surface area (Å²) < 4.78 is 19.1. The summed E-state index contributed by atoms with van der Waals surface area (Å²) in [6.07, 6.45) is 1.65. The minimum Gasteiger partial charge on any atom is -0.445 e. The van der Waals surface area contributed by atoms with Gasteiger partial charge in [-0.05, 0) is 47.5 Å². The third-order valence-electron chi connectivity index (χ3n) is 5.11. The lowest BCUT2D eigenvalue weighted by atomic mass is 9.93. The zero-order valence-electron chi connectivity index (χ0n) is 14.6. The van der Waals surface area contributed by atoms with E-state index < -0.39 is 0 Å². The monoisotopic (exact) mass is 352 g/mol. The van der Waals surface area contributed by atoms with Gasteiger partial charge in [-0.15, -0.1) is 0 Å². The third kappa shape index (κ3) is 3.05. The predicted octanol–water partition coefficient (Wildman–Crippen LogP) is 3.93. The maximum Gasteiger partial charge on any atom is 0.410 e. The van der Waals surface area contributed by atoms with Gasteiger partial charge in [0.1, 0.15) is 12.4 Å². The number of halogens is 1. The second-order valence-corrected chi connectivity index (χ2v) is 6.85. The van der Waals surface area contributed by atoms with Gasteiger partial charge in [-0.3, -0.25) is 4.90 Å². The average molecular weight is 352 g/mol. The van der Waals surface area contributed by atoms with Crippen LogP contribution in [0.25, 0.3) is 0 Å². The molecule has 2 atom stereocenters. The summed E-state index contributed by atoms with van der Waals surface area (Å²) in [5.41, 5.74) is 3.90.